The lowest BCUT2D eigenvalue weighted by molar-refractivity contribution is -0.142. The van der Waals surface area contributed by atoms with Crippen molar-refractivity contribution in [2.45, 2.75) is 38.1 Å². The molecule has 0 heterocycles. The van der Waals surface area contributed by atoms with Gasteiger partial charge in [0.25, 0.3) is 0 Å². The number of carbonyl (C=O) groups excluding carboxylic acids is 1. The highest BCUT2D eigenvalue weighted by molar-refractivity contribution is 5.85. The Bertz CT molecular complexity index is 568. The Kier molecular flexibility index (Phi) is 5.09. The van der Waals surface area contributed by atoms with Crippen molar-refractivity contribution < 1.29 is 19.1 Å². The molecule has 1 aliphatic carbocycles. The van der Waals surface area contributed by atoms with Gasteiger partial charge in [-0.2, -0.15) is 0 Å². The molecule has 2 rings (SSSR count). The van der Waals surface area contributed by atoms with Crippen molar-refractivity contribution in [1.29, 1.82) is 0 Å². The first-order chi connectivity index (χ1) is 10.1. The Labute approximate surface area is 122 Å². The fraction of sp³-hybridized carbons (Fsp3) is 0.375. The van der Waals surface area contributed by atoms with E-state index >= 15 is 0 Å². The largest absolute Gasteiger partial charge is 0.479 e. The molecular formula is C16H18FNO3. The molecule has 0 aromatic heterocycles. The number of rotatable bonds is 5. The van der Waals surface area contributed by atoms with Crippen molar-refractivity contribution in [3.05, 3.63) is 47.3 Å². The molecule has 0 saturated heterocycles. The molecular weight excluding hydrogens is 273 g/mol. The van der Waals surface area contributed by atoms with Gasteiger partial charge < -0.3 is 10.4 Å². The van der Waals surface area contributed by atoms with Crippen LogP contribution in [-0.2, 0) is 9.59 Å². The van der Waals surface area contributed by atoms with Gasteiger partial charge in [-0.15, -0.1) is 0 Å². The molecule has 4 nitrogen and oxygen atoms in total. The minimum atomic E-state index is -1.36. The van der Waals surface area contributed by atoms with Crippen LogP contribution < -0.4 is 5.32 Å². The van der Waals surface area contributed by atoms with Gasteiger partial charge in [-0.25, -0.2) is 9.18 Å². The van der Waals surface area contributed by atoms with E-state index in [1.54, 1.807) is 6.07 Å². The van der Waals surface area contributed by atoms with E-state index in [0.29, 0.717) is 0 Å². The second-order valence-electron chi connectivity index (χ2n) is 5.15. The third-order valence-electron chi connectivity index (χ3n) is 3.54. The topological polar surface area (TPSA) is 66.4 Å². The molecule has 1 atom stereocenters. The first kappa shape index (κ1) is 15.2. The Hall–Kier alpha value is -2.17. The summed E-state index contributed by atoms with van der Waals surface area (Å²) in [4.78, 5) is 23.3. The average Bonchev–Trinajstić information content (AvgIpc) is 2.46. The summed E-state index contributed by atoms with van der Waals surface area (Å²) in [5, 5.41) is 11.6. The normalized spacial score (nSPS) is 16.0. The van der Waals surface area contributed by atoms with Crippen LogP contribution in [0.5, 0.6) is 0 Å². The quantitative estimate of drug-likeness (QED) is 0.820. The standard InChI is InChI=1S/C16H18FNO3/c17-13-9-5-4-8-12(13)15(16(20)21)18-14(19)10-11-6-2-1-3-7-11/h4-6,8-9,15H,1-3,7,10H2,(H,18,19)(H,20,21). The van der Waals surface area contributed by atoms with E-state index in [4.69, 9.17) is 0 Å². The van der Waals surface area contributed by atoms with Gasteiger partial charge in [0.1, 0.15) is 5.82 Å². The highest BCUT2D eigenvalue weighted by Gasteiger charge is 2.25. The minimum absolute atomic E-state index is 0.0315. The van der Waals surface area contributed by atoms with Crippen LogP contribution in [0.1, 0.15) is 43.7 Å². The predicted octanol–water partition coefficient (Wildman–Crippen LogP) is 2.96. The number of halogens is 1. The second kappa shape index (κ2) is 7.02. The van der Waals surface area contributed by atoms with Crippen molar-refractivity contribution in [2.75, 3.05) is 0 Å². The zero-order chi connectivity index (χ0) is 15.2. The summed E-state index contributed by atoms with van der Waals surface area (Å²) in [6.07, 6.45) is 6.20. The maximum Gasteiger partial charge on any atom is 0.331 e. The zero-order valence-electron chi connectivity index (χ0n) is 11.6. The number of nitrogens with one attached hydrogen (secondary N) is 1. The zero-order valence-corrected chi connectivity index (χ0v) is 11.6. The van der Waals surface area contributed by atoms with Crippen LogP contribution >= 0.6 is 0 Å². The number of benzene rings is 1. The number of carboxylic acid groups (broad SMARTS) is 1. The molecule has 5 heteroatoms. The maximum absolute atomic E-state index is 13.7. The summed E-state index contributed by atoms with van der Waals surface area (Å²) in [5.74, 6) is -2.30. The molecule has 2 N–H and O–H groups in total. The lowest BCUT2D eigenvalue weighted by atomic mass is 9.96. The first-order valence-corrected chi connectivity index (χ1v) is 7.02. The molecule has 1 aromatic rings. The molecule has 1 aromatic carbocycles. The molecule has 0 saturated carbocycles. The van der Waals surface area contributed by atoms with E-state index in [9.17, 15) is 19.1 Å². The van der Waals surface area contributed by atoms with Crippen LogP contribution in [0, 0.1) is 5.82 Å². The number of allylic oxidation sites excluding steroid dienone is 1. The molecule has 0 radical (unpaired) electrons. The fourth-order valence-corrected chi connectivity index (χ4v) is 2.47. The van der Waals surface area contributed by atoms with Gasteiger partial charge in [-0.1, -0.05) is 29.8 Å². The van der Waals surface area contributed by atoms with Crippen LogP contribution in [-0.4, -0.2) is 17.0 Å². The minimum Gasteiger partial charge on any atom is -0.479 e. The van der Waals surface area contributed by atoms with Crippen molar-refractivity contribution in [3.63, 3.8) is 0 Å². The molecule has 21 heavy (non-hydrogen) atoms. The molecule has 0 spiro atoms. The van der Waals surface area contributed by atoms with Crippen LogP contribution in [0.2, 0.25) is 0 Å². The van der Waals surface area contributed by atoms with Gasteiger partial charge in [0, 0.05) is 12.0 Å². The Balaban J connectivity index is 2.06. The number of hydrogen-bond donors (Lipinski definition) is 2. The molecule has 0 fully saturated rings. The summed E-state index contributed by atoms with van der Waals surface area (Å²) in [6, 6.07) is 4.22. The fourth-order valence-electron chi connectivity index (χ4n) is 2.47. The molecule has 0 bridgehead atoms. The molecule has 1 unspecified atom stereocenters. The van der Waals surface area contributed by atoms with E-state index in [1.807, 2.05) is 6.08 Å². The predicted molar refractivity (Wildman–Crippen MR) is 76.1 cm³/mol. The van der Waals surface area contributed by atoms with Crippen molar-refractivity contribution >= 4 is 11.9 Å². The SMILES string of the molecule is O=C(CC1=CCCCC1)NC(C(=O)O)c1ccccc1F. The van der Waals surface area contributed by atoms with Crippen LogP contribution in [0.15, 0.2) is 35.9 Å². The summed E-state index contributed by atoms with van der Waals surface area (Å²) < 4.78 is 13.7. The van der Waals surface area contributed by atoms with E-state index in [0.717, 1.165) is 31.3 Å². The number of carboxylic acids is 1. The van der Waals surface area contributed by atoms with Gasteiger partial charge in [-0.05, 0) is 31.7 Å². The summed E-state index contributed by atoms with van der Waals surface area (Å²) in [6.45, 7) is 0. The Morgan fingerprint density at radius 2 is 2.05 bits per heavy atom. The van der Waals surface area contributed by atoms with Gasteiger partial charge in [0.05, 0.1) is 0 Å². The van der Waals surface area contributed by atoms with E-state index in [-0.39, 0.29) is 17.9 Å². The third-order valence-corrected chi connectivity index (χ3v) is 3.54. The number of carbonyl (C=O) groups is 2. The van der Waals surface area contributed by atoms with Gasteiger partial charge in [0.15, 0.2) is 6.04 Å². The Morgan fingerprint density at radius 1 is 1.29 bits per heavy atom. The van der Waals surface area contributed by atoms with Gasteiger partial charge in [0.2, 0.25) is 5.91 Å². The number of amides is 1. The van der Waals surface area contributed by atoms with E-state index in [1.165, 1.54) is 18.2 Å². The van der Waals surface area contributed by atoms with Gasteiger partial charge >= 0.3 is 5.97 Å². The molecule has 0 aliphatic heterocycles. The first-order valence-electron chi connectivity index (χ1n) is 7.02. The summed E-state index contributed by atoms with van der Waals surface area (Å²) in [7, 11) is 0. The van der Waals surface area contributed by atoms with Crippen molar-refractivity contribution in [3.8, 4) is 0 Å². The third kappa shape index (κ3) is 4.15. The maximum atomic E-state index is 13.7. The summed E-state index contributed by atoms with van der Waals surface area (Å²) in [5.41, 5.74) is 0.993. The number of hydrogen-bond acceptors (Lipinski definition) is 2. The average molecular weight is 291 g/mol. The van der Waals surface area contributed by atoms with Crippen molar-refractivity contribution in [2.24, 2.45) is 0 Å². The highest BCUT2D eigenvalue weighted by Crippen LogP contribution is 2.21. The molecule has 1 amide bonds. The second-order valence-corrected chi connectivity index (χ2v) is 5.15. The van der Waals surface area contributed by atoms with Crippen LogP contribution in [0.3, 0.4) is 0 Å². The van der Waals surface area contributed by atoms with Gasteiger partial charge in [-0.3, -0.25) is 4.79 Å². The molecule has 112 valence electrons. The number of aliphatic carboxylic acids is 1. The van der Waals surface area contributed by atoms with Crippen LogP contribution in [0.25, 0.3) is 0 Å². The van der Waals surface area contributed by atoms with E-state index in [2.05, 4.69) is 5.32 Å². The Morgan fingerprint density at radius 3 is 2.67 bits per heavy atom. The smallest absolute Gasteiger partial charge is 0.331 e. The summed E-state index contributed by atoms with van der Waals surface area (Å²) >= 11 is 0. The lowest BCUT2D eigenvalue weighted by Gasteiger charge is -2.17. The monoisotopic (exact) mass is 291 g/mol. The lowest BCUT2D eigenvalue weighted by Crippen LogP contribution is -2.34. The highest BCUT2D eigenvalue weighted by atomic mass is 19.1. The molecule has 1 aliphatic rings. The van der Waals surface area contributed by atoms with Crippen LogP contribution in [0.4, 0.5) is 4.39 Å². The van der Waals surface area contributed by atoms with Crippen molar-refractivity contribution in [1.82, 2.24) is 5.32 Å². The van der Waals surface area contributed by atoms with E-state index < -0.39 is 17.8 Å².